The average Bonchev–Trinajstić information content (AvgIpc) is 3.04. The van der Waals surface area contributed by atoms with Crippen LogP contribution < -0.4 is 0 Å². The molecule has 0 aromatic heterocycles. The molecule has 0 fully saturated rings. The molecule has 0 aliphatic heterocycles. The molecule has 6 aromatic rings. The van der Waals surface area contributed by atoms with Crippen LogP contribution in [0.25, 0.3) is 65.7 Å². The number of rotatable bonds is 6. The van der Waals surface area contributed by atoms with Crippen LogP contribution in [-0.4, -0.2) is 0 Å². The number of allylic oxidation sites excluding steroid dienone is 8. The molecule has 7 rings (SSSR count). The van der Waals surface area contributed by atoms with Gasteiger partial charge in [-0.3, -0.25) is 0 Å². The standard InChI is InChI=1S/C40H28Br2/c1-3-8-25(4-2)27-11-15-29(16-12-27)35-23-37(41)33-21-22-34-38(42)24-36(32-20-19-31(35)39(33)40(32)34)30-17-13-28(14-18-30)26-9-6-5-7-10-26/h3-4,6,8-24H,1-2,5,7H2/b25-8+. The fourth-order valence-corrected chi connectivity index (χ4v) is 7.42. The zero-order valence-electron chi connectivity index (χ0n) is 23.1. The quantitative estimate of drug-likeness (QED) is 0.122. The molecule has 0 heterocycles. The van der Waals surface area contributed by atoms with Crippen molar-refractivity contribution in [3.05, 3.63) is 155 Å². The number of halogens is 2. The molecule has 0 saturated carbocycles. The maximum Gasteiger partial charge on any atom is 0.0260 e. The first-order valence-electron chi connectivity index (χ1n) is 14.2. The molecule has 0 unspecified atom stereocenters. The fourth-order valence-electron chi connectivity index (χ4n) is 6.31. The van der Waals surface area contributed by atoms with Gasteiger partial charge in [0.05, 0.1) is 0 Å². The summed E-state index contributed by atoms with van der Waals surface area (Å²) in [5.41, 5.74) is 9.62. The lowest BCUT2D eigenvalue weighted by molar-refractivity contribution is 1.04. The molecule has 0 N–H and O–H groups in total. The van der Waals surface area contributed by atoms with Crippen LogP contribution in [0, 0.1) is 0 Å². The molecule has 6 aromatic carbocycles. The van der Waals surface area contributed by atoms with E-state index in [1.165, 1.54) is 65.7 Å². The van der Waals surface area contributed by atoms with E-state index in [0.29, 0.717) is 0 Å². The Kier molecular flexibility index (Phi) is 7.06. The molecule has 0 saturated heterocycles. The van der Waals surface area contributed by atoms with Gasteiger partial charge in [0.15, 0.2) is 0 Å². The lowest BCUT2D eigenvalue weighted by Crippen LogP contribution is -1.92. The van der Waals surface area contributed by atoms with Crippen molar-refractivity contribution in [1.29, 1.82) is 0 Å². The first-order valence-corrected chi connectivity index (χ1v) is 15.8. The molecule has 42 heavy (non-hydrogen) atoms. The van der Waals surface area contributed by atoms with Gasteiger partial charge in [0, 0.05) is 8.95 Å². The van der Waals surface area contributed by atoms with Crippen LogP contribution in [0.15, 0.2) is 143 Å². The van der Waals surface area contributed by atoms with Crippen LogP contribution in [0.4, 0.5) is 0 Å². The maximum atomic E-state index is 3.97. The van der Waals surface area contributed by atoms with E-state index in [1.807, 2.05) is 12.2 Å². The van der Waals surface area contributed by atoms with Gasteiger partial charge >= 0.3 is 0 Å². The van der Waals surface area contributed by atoms with Crippen LogP contribution >= 0.6 is 31.9 Å². The van der Waals surface area contributed by atoms with Crippen LogP contribution in [0.5, 0.6) is 0 Å². The predicted octanol–water partition coefficient (Wildman–Crippen LogP) is 12.9. The molecule has 0 spiro atoms. The Hall–Kier alpha value is -3.98. The Morgan fingerprint density at radius 2 is 1.14 bits per heavy atom. The van der Waals surface area contributed by atoms with Gasteiger partial charge in [0.2, 0.25) is 0 Å². The Labute approximate surface area is 263 Å². The second-order valence-electron chi connectivity index (χ2n) is 10.7. The molecule has 0 radical (unpaired) electrons. The largest absolute Gasteiger partial charge is 0.0990 e. The van der Waals surface area contributed by atoms with Gasteiger partial charge in [0.25, 0.3) is 0 Å². The highest BCUT2D eigenvalue weighted by molar-refractivity contribution is 9.11. The third-order valence-electron chi connectivity index (χ3n) is 8.37. The van der Waals surface area contributed by atoms with E-state index in [1.54, 1.807) is 6.08 Å². The zero-order chi connectivity index (χ0) is 28.8. The third-order valence-corrected chi connectivity index (χ3v) is 9.68. The van der Waals surface area contributed by atoms with Crippen molar-refractivity contribution in [2.24, 2.45) is 0 Å². The summed E-state index contributed by atoms with van der Waals surface area (Å²) in [7, 11) is 0. The molecule has 0 bridgehead atoms. The SMILES string of the molecule is C=C/C=C(\C=C)c1ccc(-c2cc(Br)c3ccc4c(Br)cc(-c5ccc(C6=CCCC=C6)cc5)c5ccc2c3c45)cc1. The molecule has 0 amide bonds. The minimum Gasteiger partial charge on any atom is -0.0990 e. The fraction of sp³-hybridized carbons (Fsp3) is 0.0500. The summed E-state index contributed by atoms with van der Waals surface area (Å²) in [6.07, 6.45) is 14.7. The molecule has 0 atom stereocenters. The minimum absolute atomic E-state index is 1.06. The van der Waals surface area contributed by atoms with E-state index in [0.717, 1.165) is 32.9 Å². The van der Waals surface area contributed by atoms with Crippen LogP contribution in [0.3, 0.4) is 0 Å². The monoisotopic (exact) mass is 666 g/mol. The average molecular weight is 668 g/mol. The van der Waals surface area contributed by atoms with Gasteiger partial charge in [-0.15, -0.1) is 0 Å². The topological polar surface area (TPSA) is 0 Å². The lowest BCUT2D eigenvalue weighted by Gasteiger charge is -2.19. The zero-order valence-corrected chi connectivity index (χ0v) is 26.3. The summed E-state index contributed by atoms with van der Waals surface area (Å²) in [6.45, 7) is 7.81. The van der Waals surface area contributed by atoms with Crippen molar-refractivity contribution >= 4 is 75.3 Å². The van der Waals surface area contributed by atoms with Crippen molar-refractivity contribution in [3.8, 4) is 22.3 Å². The van der Waals surface area contributed by atoms with Crippen molar-refractivity contribution in [2.75, 3.05) is 0 Å². The van der Waals surface area contributed by atoms with Gasteiger partial charge in [-0.2, -0.15) is 0 Å². The first kappa shape index (κ1) is 26.9. The summed E-state index contributed by atoms with van der Waals surface area (Å²) in [4.78, 5) is 0. The molecule has 2 heteroatoms. The summed E-state index contributed by atoms with van der Waals surface area (Å²) < 4.78 is 2.21. The lowest BCUT2D eigenvalue weighted by atomic mass is 9.86. The van der Waals surface area contributed by atoms with Crippen molar-refractivity contribution in [2.45, 2.75) is 12.8 Å². The van der Waals surface area contributed by atoms with Crippen molar-refractivity contribution in [1.82, 2.24) is 0 Å². The highest BCUT2D eigenvalue weighted by Gasteiger charge is 2.19. The third kappa shape index (κ3) is 4.51. The van der Waals surface area contributed by atoms with Crippen LogP contribution in [-0.2, 0) is 0 Å². The van der Waals surface area contributed by atoms with Gasteiger partial charge < -0.3 is 0 Å². The van der Waals surface area contributed by atoms with Gasteiger partial charge in [0.1, 0.15) is 0 Å². The Bertz CT molecular complexity index is 2100. The normalized spacial score (nSPS) is 13.7. The highest BCUT2D eigenvalue weighted by Crippen LogP contribution is 2.47. The van der Waals surface area contributed by atoms with E-state index in [2.05, 4.69) is 148 Å². The molecule has 1 aliphatic rings. The maximum absolute atomic E-state index is 3.97. The Morgan fingerprint density at radius 3 is 1.64 bits per heavy atom. The molecule has 202 valence electrons. The van der Waals surface area contributed by atoms with Gasteiger partial charge in [-0.25, -0.2) is 0 Å². The smallest absolute Gasteiger partial charge is 0.0260 e. The summed E-state index contributed by atoms with van der Waals surface area (Å²) in [6, 6.07) is 31.4. The second kappa shape index (κ2) is 11.0. The summed E-state index contributed by atoms with van der Waals surface area (Å²) >= 11 is 7.87. The molecular weight excluding hydrogens is 640 g/mol. The summed E-state index contributed by atoms with van der Waals surface area (Å²) in [5.74, 6) is 0. The number of hydrogen-bond acceptors (Lipinski definition) is 0. The van der Waals surface area contributed by atoms with Crippen LogP contribution in [0.1, 0.15) is 24.0 Å². The highest BCUT2D eigenvalue weighted by atomic mass is 79.9. The Balaban J connectivity index is 1.42. The first-order chi connectivity index (χ1) is 20.6. The Morgan fingerprint density at radius 1 is 0.619 bits per heavy atom. The van der Waals surface area contributed by atoms with E-state index in [-0.39, 0.29) is 0 Å². The van der Waals surface area contributed by atoms with Crippen LogP contribution in [0.2, 0.25) is 0 Å². The molecule has 1 aliphatic carbocycles. The van der Waals surface area contributed by atoms with Crippen molar-refractivity contribution in [3.63, 3.8) is 0 Å². The van der Waals surface area contributed by atoms with Gasteiger partial charge in [-0.1, -0.05) is 154 Å². The minimum atomic E-state index is 1.06. The second-order valence-corrected chi connectivity index (χ2v) is 12.4. The summed E-state index contributed by atoms with van der Waals surface area (Å²) in [5, 5.41) is 7.54. The molecular formula is C40H28Br2. The predicted molar refractivity (Wildman–Crippen MR) is 191 cm³/mol. The van der Waals surface area contributed by atoms with E-state index >= 15 is 0 Å². The van der Waals surface area contributed by atoms with Crippen molar-refractivity contribution < 1.29 is 0 Å². The number of hydrogen-bond donors (Lipinski definition) is 0. The van der Waals surface area contributed by atoms with E-state index < -0.39 is 0 Å². The van der Waals surface area contributed by atoms with Gasteiger partial charge in [-0.05, 0) is 102 Å². The van der Waals surface area contributed by atoms with E-state index in [4.69, 9.17) is 0 Å². The van der Waals surface area contributed by atoms with E-state index in [9.17, 15) is 0 Å². The molecule has 0 nitrogen and oxygen atoms in total. The number of benzene rings is 6.